The van der Waals surface area contributed by atoms with Gasteiger partial charge in [0.2, 0.25) is 0 Å². The molecule has 2 N–H and O–H groups in total. The molecule has 0 radical (unpaired) electrons. The van der Waals surface area contributed by atoms with Crippen LogP contribution in [-0.2, 0) is 0 Å². The molecule has 0 bridgehead atoms. The Morgan fingerprint density at radius 1 is 1.22 bits per heavy atom. The van der Waals surface area contributed by atoms with Crippen LogP contribution in [0.1, 0.15) is 29.6 Å². The summed E-state index contributed by atoms with van der Waals surface area (Å²) in [5, 5.41) is 0. The highest BCUT2D eigenvalue weighted by atomic mass is 16.5. The minimum absolute atomic E-state index is 0.441. The van der Waals surface area contributed by atoms with Crippen molar-refractivity contribution in [3.05, 3.63) is 29.8 Å². The predicted molar refractivity (Wildman–Crippen MR) is 70.7 cm³/mol. The van der Waals surface area contributed by atoms with Gasteiger partial charge in [0.1, 0.15) is 12.4 Å². The maximum absolute atomic E-state index is 11.2. The quantitative estimate of drug-likeness (QED) is 0.862. The molecule has 1 aromatic carbocycles. The first-order valence-corrected chi connectivity index (χ1v) is 6.51. The van der Waals surface area contributed by atoms with Crippen LogP contribution in [0.2, 0.25) is 0 Å². The van der Waals surface area contributed by atoms with E-state index in [1.807, 2.05) is 6.07 Å². The summed E-state index contributed by atoms with van der Waals surface area (Å²) in [4.78, 5) is 13.6. The molecule has 0 unspecified atom stereocenters. The van der Waals surface area contributed by atoms with Crippen molar-refractivity contribution >= 4 is 5.91 Å². The molecule has 0 aliphatic carbocycles. The molecule has 0 spiro atoms. The summed E-state index contributed by atoms with van der Waals surface area (Å²) in [6.07, 6.45) is 3.89. The molecular formula is C14H20N2O2. The van der Waals surface area contributed by atoms with Crippen LogP contribution in [-0.4, -0.2) is 37.0 Å². The van der Waals surface area contributed by atoms with E-state index >= 15 is 0 Å². The Hall–Kier alpha value is -1.55. The van der Waals surface area contributed by atoms with Crippen molar-refractivity contribution in [2.75, 3.05) is 26.2 Å². The number of rotatable bonds is 5. The van der Waals surface area contributed by atoms with E-state index < -0.39 is 5.91 Å². The molecule has 1 heterocycles. The molecule has 1 aliphatic heterocycles. The molecule has 4 heteroatoms. The van der Waals surface area contributed by atoms with Crippen molar-refractivity contribution in [1.29, 1.82) is 0 Å². The third-order valence-corrected chi connectivity index (χ3v) is 3.27. The molecule has 0 saturated carbocycles. The first kappa shape index (κ1) is 12.9. The van der Waals surface area contributed by atoms with Crippen molar-refractivity contribution in [3.63, 3.8) is 0 Å². The first-order chi connectivity index (χ1) is 8.77. The fraction of sp³-hybridized carbons (Fsp3) is 0.500. The summed E-state index contributed by atoms with van der Waals surface area (Å²) in [5.41, 5.74) is 5.75. The molecule has 0 aromatic heterocycles. The SMILES string of the molecule is NC(=O)c1ccccc1OCCN1CCCCC1. The van der Waals surface area contributed by atoms with Gasteiger partial charge in [-0.05, 0) is 38.1 Å². The summed E-state index contributed by atoms with van der Waals surface area (Å²) in [5.74, 6) is 0.144. The van der Waals surface area contributed by atoms with Gasteiger partial charge in [-0.2, -0.15) is 0 Å². The third-order valence-electron chi connectivity index (χ3n) is 3.27. The number of nitrogens with two attached hydrogens (primary N) is 1. The summed E-state index contributed by atoms with van der Waals surface area (Å²) >= 11 is 0. The topological polar surface area (TPSA) is 55.6 Å². The van der Waals surface area contributed by atoms with Crippen LogP contribution in [0.15, 0.2) is 24.3 Å². The highest BCUT2D eigenvalue weighted by Gasteiger charge is 2.11. The smallest absolute Gasteiger partial charge is 0.252 e. The van der Waals surface area contributed by atoms with E-state index in [0.29, 0.717) is 17.9 Å². The van der Waals surface area contributed by atoms with Crippen LogP contribution in [0.25, 0.3) is 0 Å². The lowest BCUT2D eigenvalue weighted by molar-refractivity contribution is 0.0995. The van der Waals surface area contributed by atoms with Crippen LogP contribution in [0, 0.1) is 0 Å². The van der Waals surface area contributed by atoms with Gasteiger partial charge in [0.05, 0.1) is 5.56 Å². The number of benzene rings is 1. The Kier molecular flexibility index (Phi) is 4.59. The van der Waals surface area contributed by atoms with Gasteiger partial charge in [-0.3, -0.25) is 9.69 Å². The standard InChI is InChI=1S/C14H20N2O2/c15-14(17)12-6-2-3-7-13(12)18-11-10-16-8-4-1-5-9-16/h2-3,6-7H,1,4-5,8-11H2,(H2,15,17). The molecule has 2 rings (SSSR count). The molecule has 1 aliphatic rings. The number of nitrogens with zero attached hydrogens (tertiary/aromatic N) is 1. The number of hydrogen-bond acceptors (Lipinski definition) is 3. The number of carbonyl (C=O) groups excluding carboxylic acids is 1. The zero-order valence-corrected chi connectivity index (χ0v) is 10.6. The maximum atomic E-state index is 11.2. The van der Waals surface area contributed by atoms with E-state index in [0.717, 1.165) is 19.6 Å². The Bertz CT molecular complexity index is 401. The second kappa shape index (κ2) is 6.40. The Morgan fingerprint density at radius 2 is 1.94 bits per heavy atom. The number of para-hydroxylation sites is 1. The number of likely N-dealkylation sites (tertiary alicyclic amines) is 1. The molecule has 0 atom stereocenters. The highest BCUT2D eigenvalue weighted by molar-refractivity contribution is 5.95. The average molecular weight is 248 g/mol. The van der Waals surface area contributed by atoms with Gasteiger partial charge in [-0.1, -0.05) is 18.6 Å². The number of hydrogen-bond donors (Lipinski definition) is 1. The summed E-state index contributed by atoms with van der Waals surface area (Å²) in [6.45, 7) is 3.82. The fourth-order valence-corrected chi connectivity index (χ4v) is 2.26. The van der Waals surface area contributed by atoms with Crippen molar-refractivity contribution in [2.24, 2.45) is 5.73 Å². The third kappa shape index (κ3) is 3.47. The lowest BCUT2D eigenvalue weighted by atomic mass is 10.1. The zero-order valence-electron chi connectivity index (χ0n) is 10.6. The normalized spacial score (nSPS) is 16.4. The number of ether oxygens (including phenoxy) is 1. The molecule has 98 valence electrons. The van der Waals surface area contributed by atoms with Crippen molar-refractivity contribution in [1.82, 2.24) is 4.90 Å². The van der Waals surface area contributed by atoms with Gasteiger partial charge in [0, 0.05) is 6.54 Å². The van der Waals surface area contributed by atoms with Crippen molar-refractivity contribution in [3.8, 4) is 5.75 Å². The maximum Gasteiger partial charge on any atom is 0.252 e. The average Bonchev–Trinajstić information content (AvgIpc) is 2.40. The van der Waals surface area contributed by atoms with Gasteiger partial charge >= 0.3 is 0 Å². The number of piperidine rings is 1. The van der Waals surface area contributed by atoms with Crippen LogP contribution < -0.4 is 10.5 Å². The van der Waals surface area contributed by atoms with Crippen LogP contribution in [0.3, 0.4) is 0 Å². The van der Waals surface area contributed by atoms with Crippen molar-refractivity contribution in [2.45, 2.75) is 19.3 Å². The first-order valence-electron chi connectivity index (χ1n) is 6.51. The minimum atomic E-state index is -0.441. The number of amides is 1. The highest BCUT2D eigenvalue weighted by Crippen LogP contribution is 2.17. The molecule has 4 nitrogen and oxygen atoms in total. The molecular weight excluding hydrogens is 228 g/mol. The van der Waals surface area contributed by atoms with E-state index in [4.69, 9.17) is 10.5 Å². The Balaban J connectivity index is 1.84. The zero-order chi connectivity index (χ0) is 12.8. The van der Waals surface area contributed by atoms with Gasteiger partial charge in [0.25, 0.3) is 5.91 Å². The number of carbonyl (C=O) groups is 1. The van der Waals surface area contributed by atoms with E-state index in [1.165, 1.54) is 19.3 Å². The monoisotopic (exact) mass is 248 g/mol. The van der Waals surface area contributed by atoms with E-state index in [9.17, 15) is 4.79 Å². The van der Waals surface area contributed by atoms with E-state index in [-0.39, 0.29) is 0 Å². The largest absolute Gasteiger partial charge is 0.491 e. The van der Waals surface area contributed by atoms with E-state index in [2.05, 4.69) is 4.90 Å². The fourth-order valence-electron chi connectivity index (χ4n) is 2.26. The number of primary amides is 1. The lowest BCUT2D eigenvalue weighted by Crippen LogP contribution is -2.33. The Morgan fingerprint density at radius 3 is 2.67 bits per heavy atom. The summed E-state index contributed by atoms with van der Waals surface area (Å²) < 4.78 is 5.66. The van der Waals surface area contributed by atoms with Crippen LogP contribution in [0.5, 0.6) is 5.75 Å². The molecule has 1 aromatic rings. The second-order valence-corrected chi connectivity index (χ2v) is 4.61. The molecule has 18 heavy (non-hydrogen) atoms. The second-order valence-electron chi connectivity index (χ2n) is 4.61. The van der Waals surface area contributed by atoms with Crippen LogP contribution in [0.4, 0.5) is 0 Å². The molecule has 1 saturated heterocycles. The lowest BCUT2D eigenvalue weighted by Gasteiger charge is -2.26. The Labute approximate surface area is 108 Å². The summed E-state index contributed by atoms with van der Waals surface area (Å²) in [6, 6.07) is 7.12. The van der Waals surface area contributed by atoms with Gasteiger partial charge in [-0.25, -0.2) is 0 Å². The summed E-state index contributed by atoms with van der Waals surface area (Å²) in [7, 11) is 0. The van der Waals surface area contributed by atoms with Crippen LogP contribution >= 0.6 is 0 Å². The molecule has 1 amide bonds. The van der Waals surface area contributed by atoms with E-state index in [1.54, 1.807) is 18.2 Å². The predicted octanol–water partition coefficient (Wildman–Crippen LogP) is 1.65. The van der Waals surface area contributed by atoms with Gasteiger partial charge < -0.3 is 10.5 Å². The minimum Gasteiger partial charge on any atom is -0.491 e. The molecule has 1 fully saturated rings. The van der Waals surface area contributed by atoms with Gasteiger partial charge in [0.15, 0.2) is 0 Å². The van der Waals surface area contributed by atoms with Gasteiger partial charge in [-0.15, -0.1) is 0 Å². The van der Waals surface area contributed by atoms with Crippen molar-refractivity contribution < 1.29 is 9.53 Å².